The van der Waals surface area contributed by atoms with Crippen molar-refractivity contribution in [2.45, 2.75) is 59.4 Å². The Kier molecular flexibility index (Phi) is 8.59. The Balaban J connectivity index is 4.01. The van der Waals surface area contributed by atoms with E-state index in [9.17, 15) is 14.4 Å². The molecule has 0 aromatic rings. The molecule has 0 saturated carbocycles. The van der Waals surface area contributed by atoms with Crippen molar-refractivity contribution < 1.29 is 19.5 Å². The molecule has 0 heterocycles. The maximum atomic E-state index is 11.6. The second kappa shape index (κ2) is 9.34. The summed E-state index contributed by atoms with van der Waals surface area (Å²) >= 11 is 0. The van der Waals surface area contributed by atoms with Crippen LogP contribution in [0.4, 0.5) is 4.79 Å². The van der Waals surface area contributed by atoms with Crippen LogP contribution in [-0.4, -0.2) is 29.1 Å². The van der Waals surface area contributed by atoms with Gasteiger partial charge in [0.1, 0.15) is 0 Å². The van der Waals surface area contributed by atoms with Crippen LogP contribution in [0.5, 0.6) is 0 Å². The molecule has 0 spiro atoms. The van der Waals surface area contributed by atoms with Crippen LogP contribution >= 0.6 is 0 Å². The largest absolute Gasteiger partial charge is 0.481 e. The van der Waals surface area contributed by atoms with Crippen molar-refractivity contribution in [2.75, 3.05) is 0 Å². The van der Waals surface area contributed by atoms with Gasteiger partial charge in [0.05, 0.1) is 0 Å². The monoisotopic (exact) mass is 286 g/mol. The lowest BCUT2D eigenvalue weighted by Gasteiger charge is -2.17. The van der Waals surface area contributed by atoms with Crippen LogP contribution in [0, 0.1) is 11.8 Å². The summed E-state index contributed by atoms with van der Waals surface area (Å²) in [7, 11) is 0. The average Bonchev–Trinajstić information content (AvgIpc) is 2.26. The summed E-state index contributed by atoms with van der Waals surface area (Å²) in [6.07, 6.45) is 1.84. The Bertz CT molecular complexity index is 344. The molecule has 6 nitrogen and oxygen atoms in total. The van der Waals surface area contributed by atoms with Crippen molar-refractivity contribution in [3.05, 3.63) is 0 Å². The van der Waals surface area contributed by atoms with E-state index in [1.54, 1.807) is 6.92 Å². The molecule has 0 aromatic heterocycles. The Hall–Kier alpha value is -1.59. The highest BCUT2D eigenvalue weighted by Gasteiger charge is 2.16. The molecule has 0 radical (unpaired) electrons. The van der Waals surface area contributed by atoms with Crippen molar-refractivity contribution >= 4 is 17.9 Å². The summed E-state index contributed by atoms with van der Waals surface area (Å²) in [6.45, 7) is 7.75. The number of imide groups is 1. The minimum absolute atomic E-state index is 0.00538. The first kappa shape index (κ1) is 18.4. The molecule has 20 heavy (non-hydrogen) atoms. The molecule has 3 amide bonds. The van der Waals surface area contributed by atoms with Crippen molar-refractivity contribution in [3.63, 3.8) is 0 Å². The maximum Gasteiger partial charge on any atom is 0.321 e. The molecule has 3 unspecified atom stereocenters. The zero-order valence-electron chi connectivity index (χ0n) is 12.7. The predicted octanol–water partition coefficient (Wildman–Crippen LogP) is 2.14. The van der Waals surface area contributed by atoms with Crippen LogP contribution in [0.2, 0.25) is 0 Å². The molecule has 0 bridgehead atoms. The molecule has 3 atom stereocenters. The zero-order chi connectivity index (χ0) is 15.7. The number of carboxylic acids is 1. The van der Waals surface area contributed by atoms with Crippen molar-refractivity contribution in [2.24, 2.45) is 11.8 Å². The molecule has 0 aliphatic heterocycles. The molecule has 0 fully saturated rings. The van der Waals surface area contributed by atoms with Gasteiger partial charge in [-0.3, -0.25) is 14.9 Å². The third-order valence-electron chi connectivity index (χ3n) is 3.14. The first-order valence-corrected chi connectivity index (χ1v) is 7.06. The molecule has 0 saturated heterocycles. The number of amides is 3. The van der Waals surface area contributed by atoms with Crippen LogP contribution < -0.4 is 10.6 Å². The van der Waals surface area contributed by atoms with E-state index in [4.69, 9.17) is 5.11 Å². The number of urea groups is 1. The highest BCUT2D eigenvalue weighted by atomic mass is 16.4. The highest BCUT2D eigenvalue weighted by Crippen LogP contribution is 2.09. The van der Waals surface area contributed by atoms with E-state index in [0.29, 0.717) is 5.92 Å². The summed E-state index contributed by atoms with van der Waals surface area (Å²) in [5, 5.41) is 13.5. The lowest BCUT2D eigenvalue weighted by molar-refractivity contribution is -0.138. The van der Waals surface area contributed by atoms with E-state index >= 15 is 0 Å². The molecule has 116 valence electrons. The molecular weight excluding hydrogens is 260 g/mol. The van der Waals surface area contributed by atoms with Gasteiger partial charge in [0.15, 0.2) is 0 Å². The standard InChI is InChI=1S/C14H26N2O4/c1-5-9(2)6-11(4)15-14(20)16-12(17)7-10(3)8-13(18)19/h9-11H,5-8H2,1-4H3,(H,18,19)(H2,15,16,17,20). The zero-order valence-corrected chi connectivity index (χ0v) is 12.7. The van der Waals surface area contributed by atoms with Crippen molar-refractivity contribution in [1.29, 1.82) is 0 Å². The van der Waals surface area contributed by atoms with E-state index in [0.717, 1.165) is 12.8 Å². The van der Waals surface area contributed by atoms with Crippen LogP contribution in [0.1, 0.15) is 53.4 Å². The Morgan fingerprint density at radius 2 is 1.65 bits per heavy atom. The number of nitrogens with one attached hydrogen (secondary N) is 2. The smallest absolute Gasteiger partial charge is 0.321 e. The Morgan fingerprint density at radius 3 is 2.15 bits per heavy atom. The minimum Gasteiger partial charge on any atom is -0.481 e. The van der Waals surface area contributed by atoms with Gasteiger partial charge in [-0.1, -0.05) is 27.2 Å². The second-order valence-corrected chi connectivity index (χ2v) is 5.58. The number of carboxylic acid groups (broad SMARTS) is 1. The SMILES string of the molecule is CCC(C)CC(C)NC(=O)NC(=O)CC(C)CC(=O)O. The van der Waals surface area contributed by atoms with E-state index in [2.05, 4.69) is 24.5 Å². The molecule has 0 rings (SSSR count). The molecule has 3 N–H and O–H groups in total. The molecule has 0 aromatic carbocycles. The Labute approximate surface area is 120 Å². The first-order valence-electron chi connectivity index (χ1n) is 7.06. The van der Waals surface area contributed by atoms with E-state index in [-0.39, 0.29) is 24.8 Å². The number of carbonyl (C=O) groups is 3. The predicted molar refractivity (Wildman–Crippen MR) is 76.2 cm³/mol. The lowest BCUT2D eigenvalue weighted by Crippen LogP contribution is -2.44. The fourth-order valence-corrected chi connectivity index (χ4v) is 1.95. The number of carbonyl (C=O) groups excluding carboxylic acids is 2. The van der Waals surface area contributed by atoms with Gasteiger partial charge < -0.3 is 10.4 Å². The fourth-order valence-electron chi connectivity index (χ4n) is 1.95. The van der Waals surface area contributed by atoms with Gasteiger partial charge in [0, 0.05) is 18.9 Å². The van der Waals surface area contributed by atoms with Gasteiger partial charge in [-0.25, -0.2) is 4.79 Å². The van der Waals surface area contributed by atoms with Crippen LogP contribution in [0.25, 0.3) is 0 Å². The van der Waals surface area contributed by atoms with E-state index in [1.807, 2.05) is 6.92 Å². The molecule has 0 aliphatic rings. The van der Waals surface area contributed by atoms with Gasteiger partial charge in [-0.15, -0.1) is 0 Å². The maximum absolute atomic E-state index is 11.6. The molecular formula is C14H26N2O4. The minimum atomic E-state index is -0.947. The summed E-state index contributed by atoms with van der Waals surface area (Å²) in [5.74, 6) is -1.18. The third-order valence-corrected chi connectivity index (χ3v) is 3.14. The summed E-state index contributed by atoms with van der Waals surface area (Å²) in [5.41, 5.74) is 0. The quantitative estimate of drug-likeness (QED) is 0.637. The number of aliphatic carboxylic acids is 1. The number of hydrogen-bond donors (Lipinski definition) is 3. The van der Waals surface area contributed by atoms with E-state index in [1.165, 1.54) is 0 Å². The fraction of sp³-hybridized carbons (Fsp3) is 0.786. The second-order valence-electron chi connectivity index (χ2n) is 5.58. The van der Waals surface area contributed by atoms with Crippen molar-refractivity contribution in [3.8, 4) is 0 Å². The van der Waals surface area contributed by atoms with Gasteiger partial charge in [0.2, 0.25) is 5.91 Å². The third kappa shape index (κ3) is 9.35. The lowest BCUT2D eigenvalue weighted by atomic mass is 10.0. The summed E-state index contributed by atoms with van der Waals surface area (Å²) in [6, 6.07) is -0.525. The first-order chi connectivity index (χ1) is 9.24. The van der Waals surface area contributed by atoms with Gasteiger partial charge in [0.25, 0.3) is 0 Å². The van der Waals surface area contributed by atoms with Crippen LogP contribution in [0.3, 0.4) is 0 Å². The topological polar surface area (TPSA) is 95.5 Å². The Morgan fingerprint density at radius 1 is 1.05 bits per heavy atom. The van der Waals surface area contributed by atoms with Crippen LogP contribution in [0.15, 0.2) is 0 Å². The van der Waals surface area contributed by atoms with Gasteiger partial charge >= 0.3 is 12.0 Å². The van der Waals surface area contributed by atoms with Gasteiger partial charge in [-0.2, -0.15) is 0 Å². The van der Waals surface area contributed by atoms with Crippen LogP contribution in [-0.2, 0) is 9.59 Å². The van der Waals surface area contributed by atoms with E-state index < -0.39 is 17.9 Å². The summed E-state index contributed by atoms with van der Waals surface area (Å²) in [4.78, 5) is 33.6. The summed E-state index contributed by atoms with van der Waals surface area (Å²) < 4.78 is 0. The number of rotatable bonds is 8. The average molecular weight is 286 g/mol. The van der Waals surface area contributed by atoms with Crippen molar-refractivity contribution in [1.82, 2.24) is 10.6 Å². The van der Waals surface area contributed by atoms with Gasteiger partial charge in [-0.05, 0) is 25.2 Å². The highest BCUT2D eigenvalue weighted by molar-refractivity contribution is 5.94. The molecule has 0 aliphatic carbocycles. The number of hydrogen-bond acceptors (Lipinski definition) is 3. The molecule has 6 heteroatoms. The normalized spacial score (nSPS) is 15.0.